The van der Waals surface area contributed by atoms with Crippen molar-refractivity contribution < 1.29 is 14.5 Å². The van der Waals surface area contributed by atoms with Gasteiger partial charge in [0, 0.05) is 30.9 Å². The zero-order chi connectivity index (χ0) is 26.4. The number of hydrogen-bond acceptors (Lipinski definition) is 8. The average molecular weight is 504 g/mol. The highest BCUT2D eigenvalue weighted by Gasteiger charge is 2.33. The first-order valence-electron chi connectivity index (χ1n) is 12.1. The number of amides is 2. The van der Waals surface area contributed by atoms with Crippen molar-refractivity contribution in [2.24, 2.45) is 11.7 Å². The van der Waals surface area contributed by atoms with Gasteiger partial charge in [-0.15, -0.1) is 0 Å². The van der Waals surface area contributed by atoms with Crippen LogP contribution in [0.4, 0.5) is 23.1 Å². The van der Waals surface area contributed by atoms with Crippen LogP contribution in [0.5, 0.6) is 0 Å². The highest BCUT2D eigenvalue weighted by atomic mass is 16.6. The number of anilines is 3. The Hall–Kier alpha value is -4.54. The number of nitrogens with two attached hydrogens (primary N) is 1. The molecule has 0 bridgehead atoms. The summed E-state index contributed by atoms with van der Waals surface area (Å²) in [6.07, 6.45) is 3.96. The van der Waals surface area contributed by atoms with Gasteiger partial charge in [0.25, 0.3) is 5.91 Å². The minimum Gasteiger partial charge on any atom is -0.369 e. The summed E-state index contributed by atoms with van der Waals surface area (Å²) >= 11 is 0. The zero-order valence-electron chi connectivity index (χ0n) is 20.5. The summed E-state index contributed by atoms with van der Waals surface area (Å²) in [6, 6.07) is 16.5. The number of nitro groups is 1. The van der Waals surface area contributed by atoms with E-state index in [9.17, 15) is 19.7 Å². The Morgan fingerprint density at radius 2 is 1.86 bits per heavy atom. The molecule has 192 valence electrons. The van der Waals surface area contributed by atoms with Crippen molar-refractivity contribution in [1.29, 1.82) is 0 Å². The largest absolute Gasteiger partial charge is 0.369 e. The summed E-state index contributed by atoms with van der Waals surface area (Å²) in [7, 11) is 1.77. The van der Waals surface area contributed by atoms with Gasteiger partial charge in [-0.1, -0.05) is 36.8 Å². The number of hydrogen-bond donors (Lipinski definition) is 3. The Labute approximate surface area is 214 Å². The third kappa shape index (κ3) is 6.37. The minimum absolute atomic E-state index is 0.0208. The van der Waals surface area contributed by atoms with Crippen LogP contribution in [0.1, 0.15) is 35.2 Å². The normalized spacial score (nSPS) is 16.7. The van der Waals surface area contributed by atoms with Gasteiger partial charge in [0.15, 0.2) is 0 Å². The summed E-state index contributed by atoms with van der Waals surface area (Å²) < 4.78 is 0. The predicted octanol–water partition coefficient (Wildman–Crippen LogP) is 3.51. The van der Waals surface area contributed by atoms with E-state index in [2.05, 4.69) is 20.6 Å². The molecular formula is C26H29N7O4. The molecule has 4 rings (SSSR count). The first kappa shape index (κ1) is 25.5. The molecule has 4 N–H and O–H groups in total. The van der Waals surface area contributed by atoms with Crippen molar-refractivity contribution in [3.05, 3.63) is 82.0 Å². The van der Waals surface area contributed by atoms with Crippen LogP contribution in [-0.4, -0.2) is 51.2 Å². The van der Waals surface area contributed by atoms with E-state index in [1.165, 1.54) is 0 Å². The van der Waals surface area contributed by atoms with Crippen LogP contribution >= 0.6 is 0 Å². The van der Waals surface area contributed by atoms with Crippen molar-refractivity contribution in [1.82, 2.24) is 14.9 Å². The molecule has 11 nitrogen and oxygen atoms in total. The van der Waals surface area contributed by atoms with Crippen LogP contribution < -0.4 is 16.4 Å². The second-order valence-corrected chi connectivity index (χ2v) is 9.04. The Morgan fingerprint density at radius 3 is 2.54 bits per heavy atom. The van der Waals surface area contributed by atoms with Crippen molar-refractivity contribution in [2.75, 3.05) is 24.2 Å². The minimum atomic E-state index is -0.574. The molecule has 0 radical (unpaired) electrons. The number of likely N-dealkylation sites (N-methyl/N-ethyl adjacent to an activating group) is 1. The maximum atomic E-state index is 12.8. The molecule has 1 saturated carbocycles. The molecule has 37 heavy (non-hydrogen) atoms. The van der Waals surface area contributed by atoms with E-state index in [-0.39, 0.29) is 29.4 Å². The maximum absolute atomic E-state index is 12.8. The highest BCUT2D eigenvalue weighted by Crippen LogP contribution is 2.31. The Morgan fingerprint density at radius 1 is 1.14 bits per heavy atom. The molecule has 0 spiro atoms. The summed E-state index contributed by atoms with van der Waals surface area (Å²) in [5.74, 6) is -0.790. The van der Waals surface area contributed by atoms with Crippen LogP contribution in [0.25, 0.3) is 0 Å². The van der Waals surface area contributed by atoms with E-state index in [1.54, 1.807) is 36.2 Å². The van der Waals surface area contributed by atoms with Gasteiger partial charge in [-0.05, 0) is 49.1 Å². The third-order valence-electron chi connectivity index (χ3n) is 6.48. The first-order chi connectivity index (χ1) is 17.8. The molecule has 3 aromatic rings. The predicted molar refractivity (Wildman–Crippen MR) is 139 cm³/mol. The van der Waals surface area contributed by atoms with E-state index >= 15 is 0 Å². The van der Waals surface area contributed by atoms with Crippen molar-refractivity contribution in [2.45, 2.75) is 31.7 Å². The molecule has 2 atom stereocenters. The fourth-order valence-electron chi connectivity index (χ4n) is 4.41. The van der Waals surface area contributed by atoms with Crippen molar-refractivity contribution in [3.63, 3.8) is 0 Å². The molecule has 0 unspecified atom stereocenters. The lowest BCUT2D eigenvalue weighted by atomic mass is 10.0. The lowest BCUT2D eigenvalue weighted by Gasteiger charge is -2.19. The molecule has 2 amide bonds. The maximum Gasteiger partial charge on any atom is 0.329 e. The fourth-order valence-corrected chi connectivity index (χ4v) is 4.41. The van der Waals surface area contributed by atoms with Gasteiger partial charge in [-0.25, -0.2) is 4.98 Å². The Balaban J connectivity index is 1.42. The van der Waals surface area contributed by atoms with Crippen LogP contribution in [0, 0.1) is 16.0 Å². The van der Waals surface area contributed by atoms with E-state index in [4.69, 9.17) is 5.73 Å². The van der Waals surface area contributed by atoms with Crippen LogP contribution in [0.15, 0.2) is 60.8 Å². The first-order valence-corrected chi connectivity index (χ1v) is 12.1. The quantitative estimate of drug-likeness (QED) is 0.280. The molecule has 1 fully saturated rings. The van der Waals surface area contributed by atoms with Crippen molar-refractivity contribution in [3.8, 4) is 0 Å². The molecule has 1 aliphatic carbocycles. The number of carbonyl (C=O) groups is 2. The number of carbonyl (C=O) groups excluding carboxylic acids is 2. The van der Waals surface area contributed by atoms with Gasteiger partial charge >= 0.3 is 5.69 Å². The molecule has 1 aromatic heterocycles. The molecular weight excluding hydrogens is 474 g/mol. The Kier molecular flexibility index (Phi) is 7.92. The van der Waals surface area contributed by atoms with Gasteiger partial charge < -0.3 is 21.3 Å². The van der Waals surface area contributed by atoms with Gasteiger partial charge in [0.05, 0.1) is 10.8 Å². The van der Waals surface area contributed by atoms with E-state index < -0.39 is 16.7 Å². The number of primary amides is 1. The lowest BCUT2D eigenvalue weighted by molar-refractivity contribution is -0.384. The standard InChI is InChI=1S/C26H29N7O4/c1-32(15-14-17-6-3-2-4-7-17)25(35)18-10-12-19(13-11-18)29-26-28-16-22(33(36)37)24(31-26)30-21-9-5-8-20(21)23(27)34/h2-4,6-7,10-13,16,20-21H,5,8-9,14-15H2,1H3,(H2,27,34)(H2,28,29,30,31)/t20-,21+/m0/s1. The highest BCUT2D eigenvalue weighted by molar-refractivity contribution is 5.94. The molecule has 11 heteroatoms. The molecule has 0 aliphatic heterocycles. The number of aromatic nitrogens is 2. The molecule has 2 aromatic carbocycles. The fraction of sp³-hybridized carbons (Fsp3) is 0.308. The smallest absolute Gasteiger partial charge is 0.329 e. The van der Waals surface area contributed by atoms with E-state index in [1.807, 2.05) is 30.3 Å². The van der Waals surface area contributed by atoms with Gasteiger partial charge in [0.2, 0.25) is 17.7 Å². The monoisotopic (exact) mass is 503 g/mol. The van der Waals surface area contributed by atoms with E-state index in [0.29, 0.717) is 30.6 Å². The number of nitrogens with zero attached hydrogens (tertiary/aromatic N) is 4. The third-order valence-corrected chi connectivity index (χ3v) is 6.48. The second-order valence-electron chi connectivity index (χ2n) is 9.04. The van der Waals surface area contributed by atoms with Gasteiger partial charge in [-0.3, -0.25) is 19.7 Å². The topological polar surface area (TPSA) is 156 Å². The summed E-state index contributed by atoms with van der Waals surface area (Å²) in [4.78, 5) is 45.5. The van der Waals surface area contributed by atoms with E-state index in [0.717, 1.165) is 24.6 Å². The summed E-state index contributed by atoms with van der Waals surface area (Å²) in [5, 5.41) is 17.5. The number of benzene rings is 2. The van der Waals surface area contributed by atoms with Gasteiger partial charge in [-0.2, -0.15) is 4.98 Å². The van der Waals surface area contributed by atoms with Gasteiger partial charge in [0.1, 0.15) is 6.20 Å². The summed E-state index contributed by atoms with van der Waals surface area (Å²) in [5.41, 5.74) is 7.50. The lowest BCUT2D eigenvalue weighted by Crippen LogP contribution is -2.34. The average Bonchev–Trinajstić information content (AvgIpc) is 3.36. The number of nitrogens with one attached hydrogen (secondary N) is 2. The SMILES string of the molecule is CN(CCc1ccccc1)C(=O)c1ccc(Nc2ncc([N+](=O)[O-])c(N[C@@H]3CCC[C@@H]3C(N)=O)n2)cc1. The Bertz CT molecular complexity index is 1270. The molecule has 1 heterocycles. The second kappa shape index (κ2) is 11.5. The van der Waals surface area contributed by atoms with Crippen molar-refractivity contribution >= 4 is 35.0 Å². The van der Waals surface area contributed by atoms with Crippen LogP contribution in [-0.2, 0) is 11.2 Å². The molecule has 1 aliphatic rings. The van der Waals surface area contributed by atoms with Crippen LogP contribution in [0.3, 0.4) is 0 Å². The number of rotatable bonds is 10. The van der Waals surface area contributed by atoms with Crippen LogP contribution in [0.2, 0.25) is 0 Å². The zero-order valence-corrected chi connectivity index (χ0v) is 20.5. The summed E-state index contributed by atoms with van der Waals surface area (Å²) in [6.45, 7) is 0.590. The molecule has 0 saturated heterocycles.